The van der Waals surface area contributed by atoms with Gasteiger partial charge in [0, 0.05) is 0 Å². The van der Waals surface area contributed by atoms with Crippen LogP contribution in [0.25, 0.3) is 0 Å². The molecule has 1 fully saturated rings. The predicted octanol–water partition coefficient (Wildman–Crippen LogP) is -5.70. The Morgan fingerprint density at radius 1 is 0.875 bits per heavy atom. The highest BCUT2D eigenvalue weighted by Crippen LogP contribution is 2.21. The van der Waals surface area contributed by atoms with Crippen LogP contribution in [0.1, 0.15) is 0 Å². The Balaban J connectivity index is 3.26. The second-order valence-electron chi connectivity index (χ2n) is 4.96. The molecule has 24 heavy (non-hydrogen) atoms. The molecule has 0 saturated carbocycles. The number of hydrogen-bond acceptors (Lipinski definition) is 9. The third-order valence-corrected chi connectivity index (χ3v) is 3.47. The van der Waals surface area contributed by atoms with E-state index < -0.39 is 54.9 Å². The summed E-state index contributed by atoms with van der Waals surface area (Å²) in [6.07, 6.45) is -4.81. The van der Waals surface area contributed by atoms with Crippen molar-refractivity contribution >= 4 is 46.0 Å². The molecule has 130 valence electrons. The number of carboxylic acids is 4. The van der Waals surface area contributed by atoms with Gasteiger partial charge in [0.25, 0.3) is 15.1 Å². The highest BCUT2D eigenvalue weighted by atomic mass is 16.4. The van der Waals surface area contributed by atoms with E-state index in [0.29, 0.717) is 0 Å². The largest absolute Gasteiger partial charge is 0.481 e. The third-order valence-electron chi connectivity index (χ3n) is 3.47. The fourth-order valence-electron chi connectivity index (χ4n) is 2.37. The van der Waals surface area contributed by atoms with E-state index in [0.717, 1.165) is 4.72 Å². The van der Waals surface area contributed by atoms with Gasteiger partial charge in [-0.05, 0) is 0 Å². The molecule has 0 aromatic carbocycles. The first-order chi connectivity index (χ1) is 11.1. The molecule has 16 heteroatoms. The first kappa shape index (κ1) is 19.9. The molecule has 4 unspecified atom stereocenters. The zero-order chi connectivity index (χ0) is 18.6. The summed E-state index contributed by atoms with van der Waals surface area (Å²) in [6.45, 7) is -1.56. The number of carbonyl (C=O) groups is 4. The van der Waals surface area contributed by atoms with Gasteiger partial charge < -0.3 is 45.6 Å². The highest BCUT2D eigenvalue weighted by Gasteiger charge is 2.51. The lowest BCUT2D eigenvalue weighted by atomic mass is 9.50. The summed E-state index contributed by atoms with van der Waals surface area (Å²) in [4.78, 5) is 44.5. The van der Waals surface area contributed by atoms with E-state index in [2.05, 4.69) is 10.3 Å². The van der Waals surface area contributed by atoms with E-state index in [1.54, 1.807) is 0 Å². The van der Waals surface area contributed by atoms with Gasteiger partial charge in [0.15, 0.2) is 12.2 Å². The van der Waals surface area contributed by atoms with Crippen molar-refractivity contribution < 1.29 is 49.8 Å². The van der Waals surface area contributed by atoms with Crippen LogP contribution >= 0.6 is 0 Å². The lowest BCUT2D eigenvalue weighted by Crippen LogP contribution is -2.74. The average Bonchev–Trinajstić information content (AvgIpc) is 2.48. The maximum atomic E-state index is 11.3. The normalized spacial score (nSPS) is 20.0. The van der Waals surface area contributed by atoms with Crippen LogP contribution in [0, 0.1) is 0 Å². The van der Waals surface area contributed by atoms with E-state index in [4.69, 9.17) is 10.2 Å². The van der Waals surface area contributed by atoms with Crippen LogP contribution in [0.5, 0.6) is 0 Å². The van der Waals surface area contributed by atoms with Crippen LogP contribution in [0.4, 0.5) is 0 Å². The van der Waals surface area contributed by atoms with Gasteiger partial charge in [-0.1, -0.05) is 0 Å². The molecular formula is C8H14B3N3O10. The van der Waals surface area contributed by atoms with Crippen molar-refractivity contribution in [2.45, 2.75) is 24.1 Å². The molecule has 8 N–H and O–H groups in total. The second kappa shape index (κ2) is 8.12. The molecule has 1 aliphatic rings. The Bertz CT molecular complexity index is 489. The first-order valence-electron chi connectivity index (χ1n) is 6.56. The van der Waals surface area contributed by atoms with Gasteiger partial charge in [-0.25, -0.2) is 9.59 Å². The number of hydrogen-bond donors (Lipinski definition) is 8. The maximum absolute atomic E-state index is 11.3. The zero-order valence-electron chi connectivity index (χ0n) is 12.1. The van der Waals surface area contributed by atoms with Gasteiger partial charge in [0.1, 0.15) is 11.9 Å². The van der Waals surface area contributed by atoms with Gasteiger partial charge in [-0.3, -0.25) is 9.59 Å². The van der Waals surface area contributed by atoms with Crippen molar-refractivity contribution in [3.05, 3.63) is 0 Å². The van der Waals surface area contributed by atoms with Gasteiger partial charge in [0.2, 0.25) is 0 Å². The van der Waals surface area contributed by atoms with Crippen LogP contribution in [-0.2, 0) is 19.2 Å². The predicted molar refractivity (Wildman–Crippen MR) is 78.3 cm³/mol. The topological polar surface area (TPSA) is 217 Å². The number of aliphatic hydroxyl groups is 2. The maximum Gasteiger partial charge on any atom is 0.334 e. The van der Waals surface area contributed by atoms with E-state index >= 15 is 0 Å². The van der Waals surface area contributed by atoms with Gasteiger partial charge in [0.05, 0.1) is 0 Å². The number of aliphatic hydroxyl groups excluding tert-OH is 2. The van der Waals surface area contributed by atoms with Crippen molar-refractivity contribution in [2.75, 3.05) is 0 Å². The molecule has 0 aromatic heterocycles. The Morgan fingerprint density at radius 3 is 1.83 bits per heavy atom. The van der Waals surface area contributed by atoms with E-state index in [1.807, 2.05) is 0 Å². The summed E-state index contributed by atoms with van der Waals surface area (Å²) in [6, 6.07) is -2.09. The average molecular weight is 345 g/mol. The molecule has 0 radical (unpaired) electrons. The zero-order valence-corrected chi connectivity index (χ0v) is 12.1. The van der Waals surface area contributed by atoms with Crippen molar-refractivity contribution in [3.8, 4) is 0 Å². The number of aliphatic carboxylic acids is 4. The quantitative estimate of drug-likeness (QED) is 0.193. The number of carboxylic acid groups (broad SMARTS) is 4. The SMILES string of the molecule is O=C(O)C(O)C(B1NBNBN1C(C(=O)O)C(O)C(=O)O)C(=O)O. The molecule has 13 nitrogen and oxygen atoms in total. The van der Waals surface area contributed by atoms with Gasteiger partial charge in [-0.2, -0.15) is 0 Å². The Kier molecular flexibility index (Phi) is 6.74. The summed E-state index contributed by atoms with van der Waals surface area (Å²) in [5.74, 6) is -9.25. The summed E-state index contributed by atoms with van der Waals surface area (Å²) >= 11 is 0. The summed E-state index contributed by atoms with van der Waals surface area (Å²) < 4.78 is 0.718. The smallest absolute Gasteiger partial charge is 0.334 e. The number of nitrogens with zero attached hydrogens (tertiary/aromatic N) is 1. The minimum atomic E-state index is -2.41. The molecule has 0 aromatic rings. The standard InChI is InChI=1S/C8H14B3N3O10/c15-3(7(21)22)1(5(17)18)11-13-9-12-10-14(11)2(6(19)20)4(16)8(23)24/h1-4,9-10,12-13,15-16H,(H,17,18)(H,19,20)(H,21,22)(H,23,24). The fourth-order valence-corrected chi connectivity index (χ4v) is 2.37. The first-order valence-corrected chi connectivity index (χ1v) is 6.56. The molecule has 1 aliphatic heterocycles. The molecule has 1 saturated heterocycles. The highest BCUT2D eigenvalue weighted by molar-refractivity contribution is 6.78. The van der Waals surface area contributed by atoms with Crippen LogP contribution < -0.4 is 10.3 Å². The molecule has 0 amide bonds. The molecule has 4 atom stereocenters. The van der Waals surface area contributed by atoms with E-state index in [9.17, 15) is 39.6 Å². The van der Waals surface area contributed by atoms with Crippen LogP contribution in [0.2, 0.25) is 5.82 Å². The summed E-state index contributed by atoms with van der Waals surface area (Å²) in [5, 5.41) is 60.3. The molecule has 0 spiro atoms. The molecule has 1 heterocycles. The lowest BCUT2D eigenvalue weighted by molar-refractivity contribution is -0.158. The number of rotatable bonds is 8. The van der Waals surface area contributed by atoms with Gasteiger partial charge in [-0.15, -0.1) is 0 Å². The van der Waals surface area contributed by atoms with E-state index in [1.165, 1.54) is 0 Å². The van der Waals surface area contributed by atoms with Crippen molar-refractivity contribution in [1.82, 2.24) is 15.0 Å². The Morgan fingerprint density at radius 2 is 1.42 bits per heavy atom. The summed E-state index contributed by atoms with van der Waals surface area (Å²) in [7, 11) is -0.429. The fraction of sp³-hybridized carbons (Fsp3) is 0.500. The van der Waals surface area contributed by atoms with Gasteiger partial charge >= 0.3 is 30.9 Å². The van der Waals surface area contributed by atoms with Crippen molar-refractivity contribution in [1.29, 1.82) is 0 Å². The minimum Gasteiger partial charge on any atom is -0.481 e. The molecule has 0 aliphatic carbocycles. The number of nitrogens with one attached hydrogen (secondary N) is 2. The van der Waals surface area contributed by atoms with Crippen LogP contribution in [-0.4, -0.2) is 99.6 Å². The molecule has 1 rings (SSSR count). The van der Waals surface area contributed by atoms with Crippen LogP contribution in [0.15, 0.2) is 0 Å². The van der Waals surface area contributed by atoms with Crippen molar-refractivity contribution in [2.24, 2.45) is 0 Å². The molecular weight excluding hydrogens is 331 g/mol. The van der Waals surface area contributed by atoms with Crippen molar-refractivity contribution in [3.63, 3.8) is 0 Å². The lowest BCUT2D eigenvalue weighted by Gasteiger charge is -2.41. The minimum absolute atomic E-state index is 0.0627. The summed E-state index contributed by atoms with van der Waals surface area (Å²) in [5.41, 5.74) is 0. The molecule has 0 bridgehead atoms. The third kappa shape index (κ3) is 4.24. The van der Waals surface area contributed by atoms with Crippen LogP contribution in [0.3, 0.4) is 0 Å². The Labute approximate surface area is 135 Å². The Hall–Kier alpha value is -2.13. The van der Waals surface area contributed by atoms with E-state index in [-0.39, 0.29) is 15.1 Å². The monoisotopic (exact) mass is 345 g/mol. The second-order valence-corrected chi connectivity index (χ2v) is 4.96.